The van der Waals surface area contributed by atoms with Gasteiger partial charge in [0.15, 0.2) is 0 Å². The molecule has 1 rings (SSSR count). The third kappa shape index (κ3) is 8.18. The Balaban J connectivity index is 0.00000484. The lowest BCUT2D eigenvalue weighted by molar-refractivity contribution is -0.145. The number of benzene rings is 1. The number of halogens is 1. The van der Waals surface area contributed by atoms with Crippen LogP contribution < -0.4 is 16.8 Å². The Morgan fingerprint density at radius 1 is 1.22 bits per heavy atom. The van der Waals surface area contributed by atoms with Crippen LogP contribution in [0.2, 0.25) is 0 Å². The maximum Gasteiger partial charge on any atom is 0.306 e. The summed E-state index contributed by atoms with van der Waals surface area (Å²) >= 11 is 0. The van der Waals surface area contributed by atoms with E-state index in [0.717, 1.165) is 5.56 Å². The molecule has 2 atom stereocenters. The highest BCUT2D eigenvalue weighted by Crippen LogP contribution is 2.04. The van der Waals surface area contributed by atoms with E-state index in [1.807, 2.05) is 30.3 Å². The van der Waals surface area contributed by atoms with Crippen molar-refractivity contribution in [3.05, 3.63) is 35.9 Å². The van der Waals surface area contributed by atoms with Gasteiger partial charge >= 0.3 is 5.97 Å². The fraction of sp³-hybridized carbons (Fsp3) is 0.400. The van der Waals surface area contributed by atoms with Crippen molar-refractivity contribution in [2.45, 2.75) is 38.5 Å². The zero-order valence-electron chi connectivity index (χ0n) is 12.9. The average molecular weight is 344 g/mol. The van der Waals surface area contributed by atoms with E-state index in [-0.39, 0.29) is 31.9 Å². The SMILES string of the molecule is C[C@H](N)C(=O)N[C@H](CCC(=O)OCc1ccccc1)C(N)=O.Cl. The van der Waals surface area contributed by atoms with E-state index in [4.69, 9.17) is 16.2 Å². The van der Waals surface area contributed by atoms with Gasteiger partial charge in [-0.15, -0.1) is 12.4 Å². The molecule has 5 N–H and O–H groups in total. The van der Waals surface area contributed by atoms with Crippen LogP contribution in [0, 0.1) is 0 Å². The Hall–Kier alpha value is -2.12. The summed E-state index contributed by atoms with van der Waals surface area (Å²) in [7, 11) is 0. The molecule has 0 aromatic heterocycles. The Bertz CT molecular complexity index is 523. The number of nitrogens with one attached hydrogen (secondary N) is 1. The van der Waals surface area contributed by atoms with E-state index in [1.165, 1.54) is 6.92 Å². The van der Waals surface area contributed by atoms with Crippen molar-refractivity contribution < 1.29 is 19.1 Å². The smallest absolute Gasteiger partial charge is 0.306 e. The fourth-order valence-electron chi connectivity index (χ4n) is 1.66. The topological polar surface area (TPSA) is 125 Å². The maximum absolute atomic E-state index is 11.7. The molecule has 8 heteroatoms. The number of esters is 1. The summed E-state index contributed by atoms with van der Waals surface area (Å²) in [6.45, 7) is 1.65. The zero-order valence-corrected chi connectivity index (χ0v) is 13.7. The monoisotopic (exact) mass is 343 g/mol. The van der Waals surface area contributed by atoms with Crippen molar-refractivity contribution in [2.24, 2.45) is 11.5 Å². The minimum absolute atomic E-state index is 0. The number of nitrogens with two attached hydrogens (primary N) is 2. The number of amides is 2. The summed E-state index contributed by atoms with van der Waals surface area (Å²) in [4.78, 5) is 34.4. The number of rotatable bonds is 8. The number of hydrogen-bond donors (Lipinski definition) is 3. The summed E-state index contributed by atoms with van der Waals surface area (Å²) in [6.07, 6.45) is 0.0427. The molecule has 128 valence electrons. The average Bonchev–Trinajstić information content (AvgIpc) is 2.49. The van der Waals surface area contributed by atoms with E-state index in [1.54, 1.807) is 0 Å². The molecule has 0 saturated carbocycles. The Labute approximate surface area is 141 Å². The van der Waals surface area contributed by atoms with Crippen LogP contribution in [0.4, 0.5) is 0 Å². The van der Waals surface area contributed by atoms with E-state index in [2.05, 4.69) is 5.32 Å². The molecular weight excluding hydrogens is 322 g/mol. The van der Waals surface area contributed by atoms with Gasteiger partial charge in [-0.25, -0.2) is 0 Å². The molecule has 0 unspecified atom stereocenters. The van der Waals surface area contributed by atoms with Gasteiger partial charge in [0.1, 0.15) is 12.6 Å². The van der Waals surface area contributed by atoms with Crippen molar-refractivity contribution in [1.29, 1.82) is 0 Å². The number of hydrogen-bond acceptors (Lipinski definition) is 5. The number of primary amides is 1. The molecule has 0 spiro atoms. The lowest BCUT2D eigenvalue weighted by Crippen LogP contribution is -2.49. The van der Waals surface area contributed by atoms with Crippen LogP contribution in [0.25, 0.3) is 0 Å². The van der Waals surface area contributed by atoms with E-state index in [0.29, 0.717) is 0 Å². The van der Waals surface area contributed by atoms with E-state index >= 15 is 0 Å². The first-order valence-electron chi connectivity index (χ1n) is 6.95. The second kappa shape index (κ2) is 10.6. The lowest BCUT2D eigenvalue weighted by atomic mass is 10.1. The van der Waals surface area contributed by atoms with Gasteiger partial charge in [0.05, 0.1) is 6.04 Å². The van der Waals surface area contributed by atoms with Crippen LogP contribution in [-0.2, 0) is 25.7 Å². The molecule has 0 aliphatic carbocycles. The van der Waals surface area contributed by atoms with Gasteiger partial charge in [-0.2, -0.15) is 0 Å². The third-order valence-electron chi connectivity index (χ3n) is 2.95. The summed E-state index contributed by atoms with van der Waals surface area (Å²) in [5.41, 5.74) is 11.5. The molecule has 1 aromatic carbocycles. The van der Waals surface area contributed by atoms with Crippen molar-refractivity contribution in [1.82, 2.24) is 5.32 Å². The third-order valence-corrected chi connectivity index (χ3v) is 2.95. The standard InChI is InChI=1S/C15H21N3O4.ClH/c1-10(16)15(21)18-12(14(17)20)7-8-13(19)22-9-11-5-3-2-4-6-11;/h2-6,10,12H,7-9,16H2,1H3,(H2,17,20)(H,18,21);1H/t10-,12+;/m0./s1. The number of carbonyl (C=O) groups is 3. The van der Waals surface area contributed by atoms with Crippen LogP contribution in [0.1, 0.15) is 25.3 Å². The minimum atomic E-state index is -0.942. The summed E-state index contributed by atoms with van der Waals surface area (Å²) in [6, 6.07) is 7.52. The van der Waals surface area contributed by atoms with E-state index in [9.17, 15) is 14.4 Å². The lowest BCUT2D eigenvalue weighted by Gasteiger charge is -2.16. The van der Waals surface area contributed by atoms with Gasteiger partial charge in [0.2, 0.25) is 11.8 Å². The van der Waals surface area contributed by atoms with Gasteiger partial charge in [-0.05, 0) is 18.9 Å². The second-order valence-electron chi connectivity index (χ2n) is 4.94. The summed E-state index contributed by atoms with van der Waals surface area (Å²) in [5, 5.41) is 2.40. The minimum Gasteiger partial charge on any atom is -0.461 e. The predicted octanol–water partition coefficient (Wildman–Crippen LogP) is 0.249. The molecule has 0 heterocycles. The summed E-state index contributed by atoms with van der Waals surface area (Å²) < 4.78 is 5.08. The molecule has 0 aliphatic heterocycles. The van der Waals surface area contributed by atoms with Crippen LogP contribution in [0.15, 0.2) is 30.3 Å². The molecule has 2 amide bonds. The normalized spacial score (nSPS) is 12.4. The van der Waals surface area contributed by atoms with Crippen molar-refractivity contribution in [3.8, 4) is 0 Å². The first kappa shape index (κ1) is 20.9. The van der Waals surface area contributed by atoms with Gasteiger partial charge in [-0.1, -0.05) is 30.3 Å². The highest BCUT2D eigenvalue weighted by Gasteiger charge is 2.21. The first-order valence-corrected chi connectivity index (χ1v) is 6.95. The second-order valence-corrected chi connectivity index (χ2v) is 4.94. The Morgan fingerprint density at radius 2 is 1.83 bits per heavy atom. The summed E-state index contributed by atoms with van der Waals surface area (Å²) in [5.74, 6) is -1.68. The molecule has 0 aliphatic rings. The highest BCUT2D eigenvalue weighted by molar-refractivity contribution is 5.89. The molecule has 1 aromatic rings. The van der Waals surface area contributed by atoms with Crippen LogP contribution in [-0.4, -0.2) is 29.9 Å². The Kier molecular flexibility index (Phi) is 9.60. The van der Waals surface area contributed by atoms with Crippen molar-refractivity contribution >= 4 is 30.2 Å². The van der Waals surface area contributed by atoms with Crippen molar-refractivity contribution in [2.75, 3.05) is 0 Å². The van der Waals surface area contributed by atoms with E-state index < -0.39 is 29.9 Å². The van der Waals surface area contributed by atoms with Crippen molar-refractivity contribution in [3.63, 3.8) is 0 Å². The number of carbonyl (C=O) groups excluding carboxylic acids is 3. The van der Waals surface area contributed by atoms with Crippen LogP contribution >= 0.6 is 12.4 Å². The van der Waals surface area contributed by atoms with Gasteiger partial charge in [0.25, 0.3) is 0 Å². The highest BCUT2D eigenvalue weighted by atomic mass is 35.5. The quantitative estimate of drug-likeness (QED) is 0.583. The fourth-order valence-corrected chi connectivity index (χ4v) is 1.66. The number of ether oxygens (including phenoxy) is 1. The maximum atomic E-state index is 11.7. The molecule has 0 radical (unpaired) electrons. The predicted molar refractivity (Wildman–Crippen MR) is 87.5 cm³/mol. The molecular formula is C15H22ClN3O4. The molecule has 0 saturated heterocycles. The first-order chi connectivity index (χ1) is 10.4. The molecule has 0 bridgehead atoms. The van der Waals surface area contributed by atoms with Crippen LogP contribution in [0.3, 0.4) is 0 Å². The van der Waals surface area contributed by atoms with Gasteiger partial charge < -0.3 is 21.5 Å². The van der Waals surface area contributed by atoms with Gasteiger partial charge in [0, 0.05) is 6.42 Å². The Morgan fingerprint density at radius 3 is 2.35 bits per heavy atom. The van der Waals surface area contributed by atoms with Gasteiger partial charge in [-0.3, -0.25) is 14.4 Å². The van der Waals surface area contributed by atoms with Crippen LogP contribution in [0.5, 0.6) is 0 Å². The largest absolute Gasteiger partial charge is 0.461 e. The molecule has 23 heavy (non-hydrogen) atoms. The molecule has 0 fully saturated rings. The molecule has 7 nitrogen and oxygen atoms in total. The zero-order chi connectivity index (χ0) is 16.5.